The number of benzene rings is 3. The van der Waals surface area contributed by atoms with Gasteiger partial charge in [0.15, 0.2) is 11.6 Å². The van der Waals surface area contributed by atoms with Crippen LogP contribution < -0.4 is 5.43 Å². The standard InChI is InChI=1S/C26H21F2NO3/c27-22-14-20-24(15-23(22)28)29(16-21(25(20)30)26(31)32)13-7-12-19(17-8-3-1-4-9-17)18-10-5-2-6-11-18/h1-6,8-11,14-16,19H,7,12-13H2,(H,31,32). The van der Waals surface area contributed by atoms with Crippen molar-refractivity contribution < 1.29 is 18.7 Å². The van der Waals surface area contributed by atoms with E-state index in [2.05, 4.69) is 24.3 Å². The number of hydrogen-bond acceptors (Lipinski definition) is 2. The average molecular weight is 433 g/mol. The number of rotatable bonds is 7. The van der Waals surface area contributed by atoms with Crippen molar-refractivity contribution >= 4 is 16.9 Å². The van der Waals surface area contributed by atoms with E-state index in [0.29, 0.717) is 13.0 Å². The van der Waals surface area contributed by atoms with E-state index >= 15 is 0 Å². The molecule has 0 unspecified atom stereocenters. The minimum atomic E-state index is -1.40. The lowest BCUT2D eigenvalue weighted by Gasteiger charge is -2.19. The van der Waals surface area contributed by atoms with Gasteiger partial charge in [-0.3, -0.25) is 4.79 Å². The fraction of sp³-hybridized carbons (Fsp3) is 0.154. The van der Waals surface area contributed by atoms with Crippen LogP contribution in [0.1, 0.15) is 40.2 Å². The van der Waals surface area contributed by atoms with Crippen LogP contribution in [0, 0.1) is 11.6 Å². The van der Waals surface area contributed by atoms with Crippen molar-refractivity contribution in [3.63, 3.8) is 0 Å². The zero-order valence-corrected chi connectivity index (χ0v) is 17.2. The van der Waals surface area contributed by atoms with E-state index in [0.717, 1.165) is 29.7 Å². The van der Waals surface area contributed by atoms with Gasteiger partial charge in [0.2, 0.25) is 5.43 Å². The number of aromatic nitrogens is 1. The summed E-state index contributed by atoms with van der Waals surface area (Å²) in [5.74, 6) is -3.55. The van der Waals surface area contributed by atoms with Gasteiger partial charge in [-0.15, -0.1) is 0 Å². The Labute approximate surface area is 183 Å². The average Bonchev–Trinajstić information content (AvgIpc) is 2.80. The zero-order chi connectivity index (χ0) is 22.7. The quantitative estimate of drug-likeness (QED) is 0.413. The van der Waals surface area contributed by atoms with Crippen LogP contribution in [0.4, 0.5) is 8.78 Å². The molecule has 1 N–H and O–H groups in total. The smallest absolute Gasteiger partial charge is 0.341 e. The molecule has 0 atom stereocenters. The van der Waals surface area contributed by atoms with Gasteiger partial charge >= 0.3 is 5.97 Å². The van der Waals surface area contributed by atoms with Crippen molar-refractivity contribution in [3.8, 4) is 0 Å². The highest BCUT2D eigenvalue weighted by atomic mass is 19.2. The number of aromatic carboxylic acids is 1. The molecule has 0 bridgehead atoms. The third-order valence-corrected chi connectivity index (χ3v) is 5.65. The summed E-state index contributed by atoms with van der Waals surface area (Å²) in [5.41, 5.74) is 1.20. The fourth-order valence-corrected chi connectivity index (χ4v) is 4.08. The lowest BCUT2D eigenvalue weighted by Crippen LogP contribution is -2.19. The molecule has 32 heavy (non-hydrogen) atoms. The number of fused-ring (bicyclic) bond motifs is 1. The summed E-state index contributed by atoms with van der Waals surface area (Å²) < 4.78 is 29.2. The first-order chi connectivity index (χ1) is 15.5. The Morgan fingerprint density at radius 2 is 1.47 bits per heavy atom. The largest absolute Gasteiger partial charge is 0.477 e. The minimum Gasteiger partial charge on any atom is -0.477 e. The highest BCUT2D eigenvalue weighted by Crippen LogP contribution is 2.29. The van der Waals surface area contributed by atoms with Crippen molar-refractivity contribution in [2.24, 2.45) is 0 Å². The molecule has 0 fully saturated rings. The summed E-state index contributed by atoms with van der Waals surface area (Å²) in [4.78, 5) is 24.0. The summed E-state index contributed by atoms with van der Waals surface area (Å²) in [6.45, 7) is 0.346. The monoisotopic (exact) mass is 433 g/mol. The number of pyridine rings is 1. The van der Waals surface area contributed by atoms with E-state index < -0.39 is 28.6 Å². The predicted molar refractivity (Wildman–Crippen MR) is 119 cm³/mol. The Bertz CT molecular complexity index is 1280. The highest BCUT2D eigenvalue weighted by molar-refractivity contribution is 5.92. The first-order valence-electron chi connectivity index (χ1n) is 10.3. The van der Waals surface area contributed by atoms with Gasteiger partial charge in [0.1, 0.15) is 5.56 Å². The first-order valence-corrected chi connectivity index (χ1v) is 10.3. The lowest BCUT2D eigenvalue weighted by atomic mass is 9.87. The fourth-order valence-electron chi connectivity index (χ4n) is 4.08. The van der Waals surface area contributed by atoms with E-state index in [1.165, 1.54) is 10.8 Å². The maximum absolute atomic E-state index is 13.9. The lowest BCUT2D eigenvalue weighted by molar-refractivity contribution is 0.0694. The van der Waals surface area contributed by atoms with Crippen LogP contribution >= 0.6 is 0 Å². The summed E-state index contributed by atoms with van der Waals surface area (Å²) >= 11 is 0. The third kappa shape index (κ3) is 4.30. The van der Waals surface area contributed by atoms with Gasteiger partial charge in [-0.25, -0.2) is 13.6 Å². The summed E-state index contributed by atoms with van der Waals surface area (Å²) in [7, 11) is 0. The van der Waals surface area contributed by atoms with Crippen LogP contribution in [0.2, 0.25) is 0 Å². The molecule has 0 saturated heterocycles. The van der Waals surface area contributed by atoms with Gasteiger partial charge in [-0.1, -0.05) is 60.7 Å². The second-order valence-electron chi connectivity index (χ2n) is 7.67. The number of carboxylic acids is 1. The summed E-state index contributed by atoms with van der Waals surface area (Å²) in [6, 6.07) is 21.8. The Morgan fingerprint density at radius 3 is 2.03 bits per heavy atom. The topological polar surface area (TPSA) is 59.3 Å². The molecular weight excluding hydrogens is 412 g/mol. The Morgan fingerprint density at radius 1 is 0.906 bits per heavy atom. The Hall–Kier alpha value is -3.80. The molecule has 4 rings (SSSR count). The minimum absolute atomic E-state index is 0.121. The van der Waals surface area contributed by atoms with Gasteiger partial charge in [-0.05, 0) is 30.0 Å². The van der Waals surface area contributed by atoms with Gasteiger partial charge in [0, 0.05) is 30.1 Å². The van der Waals surface area contributed by atoms with Gasteiger partial charge in [0.25, 0.3) is 0 Å². The molecule has 0 amide bonds. The van der Waals surface area contributed by atoms with Crippen LogP contribution in [0.15, 0.2) is 83.8 Å². The number of carbonyl (C=O) groups is 1. The van der Waals surface area contributed by atoms with E-state index in [-0.39, 0.29) is 16.8 Å². The van der Waals surface area contributed by atoms with Gasteiger partial charge in [-0.2, -0.15) is 0 Å². The molecular formula is C26H21F2NO3. The molecule has 0 spiro atoms. The Kier molecular flexibility index (Phi) is 6.12. The van der Waals surface area contributed by atoms with Crippen molar-refractivity contribution in [3.05, 3.63) is 118 Å². The molecule has 0 radical (unpaired) electrons. The molecule has 4 nitrogen and oxygen atoms in total. The predicted octanol–water partition coefficient (Wildman–Crippen LogP) is 5.59. The van der Waals surface area contributed by atoms with Crippen molar-refractivity contribution in [1.82, 2.24) is 4.57 Å². The van der Waals surface area contributed by atoms with E-state index in [9.17, 15) is 23.5 Å². The molecule has 1 aromatic heterocycles. The van der Waals surface area contributed by atoms with Crippen LogP contribution in [-0.4, -0.2) is 15.6 Å². The molecule has 0 aliphatic rings. The number of halogens is 2. The van der Waals surface area contributed by atoms with E-state index in [1.807, 2.05) is 36.4 Å². The molecule has 3 aromatic carbocycles. The molecule has 4 aromatic rings. The maximum Gasteiger partial charge on any atom is 0.341 e. The van der Waals surface area contributed by atoms with Crippen molar-refractivity contribution in [1.29, 1.82) is 0 Å². The molecule has 6 heteroatoms. The van der Waals surface area contributed by atoms with E-state index in [4.69, 9.17) is 0 Å². The maximum atomic E-state index is 13.9. The van der Waals surface area contributed by atoms with Gasteiger partial charge in [0.05, 0.1) is 5.52 Å². The van der Waals surface area contributed by atoms with Crippen LogP contribution in [0.3, 0.4) is 0 Å². The summed E-state index contributed by atoms with van der Waals surface area (Å²) in [6.07, 6.45) is 2.59. The van der Waals surface area contributed by atoms with Crippen molar-refractivity contribution in [2.75, 3.05) is 0 Å². The number of hydrogen-bond donors (Lipinski definition) is 1. The molecule has 0 aliphatic carbocycles. The van der Waals surface area contributed by atoms with Gasteiger partial charge < -0.3 is 9.67 Å². The first kappa shape index (κ1) is 21.4. The molecule has 0 saturated carbocycles. The highest BCUT2D eigenvalue weighted by Gasteiger charge is 2.18. The molecule has 1 heterocycles. The number of aryl methyl sites for hydroxylation is 1. The van der Waals surface area contributed by atoms with E-state index in [1.54, 1.807) is 0 Å². The van der Waals surface area contributed by atoms with Crippen LogP contribution in [0.5, 0.6) is 0 Å². The normalized spacial score (nSPS) is 11.2. The number of carboxylic acid groups (broad SMARTS) is 1. The number of nitrogens with zero attached hydrogens (tertiary/aromatic N) is 1. The third-order valence-electron chi connectivity index (χ3n) is 5.65. The Balaban J connectivity index is 1.67. The SMILES string of the molecule is O=C(O)c1cn(CCCC(c2ccccc2)c2ccccc2)c2cc(F)c(F)cc2c1=O. The molecule has 162 valence electrons. The van der Waals surface area contributed by atoms with Crippen LogP contribution in [-0.2, 0) is 6.54 Å². The second kappa shape index (κ2) is 9.14. The summed E-state index contributed by atoms with van der Waals surface area (Å²) in [5, 5.41) is 9.26. The van der Waals surface area contributed by atoms with Crippen LogP contribution in [0.25, 0.3) is 10.9 Å². The second-order valence-corrected chi connectivity index (χ2v) is 7.67. The molecule has 0 aliphatic heterocycles. The zero-order valence-electron chi connectivity index (χ0n) is 17.2. The van der Waals surface area contributed by atoms with Crippen molar-refractivity contribution in [2.45, 2.75) is 25.3 Å².